The highest BCUT2D eigenvalue weighted by molar-refractivity contribution is 5.72. The molecule has 30 heavy (non-hydrogen) atoms. The van der Waals surface area contributed by atoms with Crippen molar-refractivity contribution in [2.75, 3.05) is 26.9 Å². The summed E-state index contributed by atoms with van der Waals surface area (Å²) in [5, 5.41) is 3.13. The molecule has 0 spiro atoms. The number of aliphatic imine (C=N–C) groups is 1. The summed E-state index contributed by atoms with van der Waals surface area (Å²) in [5.41, 5.74) is 4.29. The summed E-state index contributed by atoms with van der Waals surface area (Å²) in [6, 6.07) is 0. The zero-order chi connectivity index (χ0) is 23.8. The van der Waals surface area contributed by atoms with E-state index in [1.807, 2.05) is 60.6 Å². The summed E-state index contributed by atoms with van der Waals surface area (Å²) in [6.45, 7) is 25.7. The average Bonchev–Trinajstić information content (AvgIpc) is 2.78. The molecule has 1 N–H and O–H groups in total. The van der Waals surface area contributed by atoms with Gasteiger partial charge in [-0.2, -0.15) is 0 Å². The van der Waals surface area contributed by atoms with E-state index in [2.05, 4.69) is 42.5 Å². The van der Waals surface area contributed by atoms with Crippen LogP contribution in [0.15, 0.2) is 76.8 Å². The SMILES string of the molecule is C=C/C(C)=C\C(=CCC)COCC.C=CC=NC(/C(C)=C\C)=C(/NCC)OC.CC. The van der Waals surface area contributed by atoms with Crippen molar-refractivity contribution >= 4 is 6.21 Å². The highest BCUT2D eigenvalue weighted by Crippen LogP contribution is 2.14. The summed E-state index contributed by atoms with van der Waals surface area (Å²) in [6.07, 6.45) is 12.5. The third-order valence-electron chi connectivity index (χ3n) is 3.55. The standard InChI is InChI=1S/C12H20N2O.C12H20O.C2H6/c1-6-9-14-11(10(4)7-2)12(15-5)13-8-3;1-5-8-12(10-13-7-3)9-11(4)6-2;1-2/h6-7,9,13H,1,8H2,2-5H3;6,8-9H,2,5,7,10H2,1,3-4H3;1-2H3/b10-7-,12-11-,14-9?;11-9-,12-8?;. The molecule has 0 saturated heterocycles. The Balaban J connectivity index is -0.000000452. The van der Waals surface area contributed by atoms with Gasteiger partial charge in [0.05, 0.1) is 13.7 Å². The van der Waals surface area contributed by atoms with Crippen LogP contribution in [0.2, 0.25) is 0 Å². The first-order valence-electron chi connectivity index (χ1n) is 10.8. The van der Waals surface area contributed by atoms with Gasteiger partial charge in [-0.3, -0.25) is 4.99 Å². The Hall–Kier alpha value is -2.33. The lowest BCUT2D eigenvalue weighted by Crippen LogP contribution is -2.16. The quantitative estimate of drug-likeness (QED) is 0.208. The number of nitrogens with zero attached hydrogens (tertiary/aromatic N) is 1. The molecule has 0 fully saturated rings. The molecule has 0 aromatic heterocycles. The average molecular weight is 419 g/mol. The zero-order valence-corrected chi connectivity index (χ0v) is 21.0. The van der Waals surface area contributed by atoms with Crippen molar-refractivity contribution in [1.82, 2.24) is 5.32 Å². The maximum Gasteiger partial charge on any atom is 0.213 e. The normalized spacial score (nSPS) is 12.8. The van der Waals surface area contributed by atoms with Gasteiger partial charge in [0, 0.05) is 19.4 Å². The Labute approximate surface area is 186 Å². The highest BCUT2D eigenvalue weighted by atomic mass is 16.5. The van der Waals surface area contributed by atoms with Gasteiger partial charge < -0.3 is 14.8 Å². The number of hydrogen-bond acceptors (Lipinski definition) is 4. The smallest absolute Gasteiger partial charge is 0.213 e. The Morgan fingerprint density at radius 2 is 1.73 bits per heavy atom. The van der Waals surface area contributed by atoms with Crippen molar-refractivity contribution in [3.05, 3.63) is 71.8 Å². The van der Waals surface area contributed by atoms with Crippen LogP contribution in [0.5, 0.6) is 0 Å². The first-order valence-corrected chi connectivity index (χ1v) is 10.8. The van der Waals surface area contributed by atoms with Crippen LogP contribution >= 0.6 is 0 Å². The fourth-order valence-corrected chi connectivity index (χ4v) is 2.01. The molecule has 0 heterocycles. The van der Waals surface area contributed by atoms with Crippen molar-refractivity contribution in [2.45, 2.75) is 61.8 Å². The molecule has 172 valence electrons. The Kier molecular flexibility index (Phi) is 26.6. The number of ether oxygens (including phenoxy) is 2. The Morgan fingerprint density at radius 1 is 1.10 bits per heavy atom. The van der Waals surface area contributed by atoms with E-state index in [1.165, 1.54) is 11.1 Å². The summed E-state index contributed by atoms with van der Waals surface area (Å²) < 4.78 is 10.6. The van der Waals surface area contributed by atoms with Gasteiger partial charge in [0.1, 0.15) is 5.70 Å². The minimum absolute atomic E-state index is 0.686. The summed E-state index contributed by atoms with van der Waals surface area (Å²) in [7, 11) is 1.63. The van der Waals surface area contributed by atoms with E-state index in [0.29, 0.717) is 12.5 Å². The number of hydrogen-bond donors (Lipinski definition) is 1. The second kappa shape index (κ2) is 24.7. The van der Waals surface area contributed by atoms with Gasteiger partial charge in [-0.1, -0.05) is 69.9 Å². The molecule has 0 aliphatic carbocycles. The van der Waals surface area contributed by atoms with E-state index in [0.717, 1.165) is 30.8 Å². The third kappa shape index (κ3) is 17.7. The van der Waals surface area contributed by atoms with Crippen LogP contribution in [0.3, 0.4) is 0 Å². The van der Waals surface area contributed by atoms with E-state index in [1.54, 1.807) is 19.4 Å². The second-order valence-corrected chi connectivity index (χ2v) is 5.81. The van der Waals surface area contributed by atoms with E-state index in [-0.39, 0.29) is 0 Å². The largest absolute Gasteiger partial charge is 0.481 e. The Bertz CT molecular complexity index is 594. The Morgan fingerprint density at radius 3 is 2.13 bits per heavy atom. The van der Waals surface area contributed by atoms with E-state index in [9.17, 15) is 0 Å². The molecular weight excluding hydrogens is 372 g/mol. The molecule has 0 radical (unpaired) electrons. The molecule has 0 aromatic carbocycles. The van der Waals surface area contributed by atoms with Gasteiger partial charge in [0.15, 0.2) is 0 Å². The van der Waals surface area contributed by atoms with Crippen molar-refractivity contribution in [1.29, 1.82) is 0 Å². The van der Waals surface area contributed by atoms with Crippen LogP contribution in [0.1, 0.15) is 61.8 Å². The number of nitrogens with one attached hydrogen (secondary N) is 1. The molecule has 0 bridgehead atoms. The molecule has 0 rings (SSSR count). The van der Waals surface area contributed by atoms with Crippen molar-refractivity contribution in [3.63, 3.8) is 0 Å². The predicted octanol–water partition coefficient (Wildman–Crippen LogP) is 7.15. The van der Waals surface area contributed by atoms with Crippen molar-refractivity contribution in [3.8, 4) is 0 Å². The molecule has 0 amide bonds. The molecule has 0 aromatic rings. The molecule has 0 aliphatic heterocycles. The second-order valence-electron chi connectivity index (χ2n) is 5.81. The maximum atomic E-state index is 5.35. The molecular formula is C26H46N2O2. The summed E-state index contributed by atoms with van der Waals surface area (Å²) in [4.78, 5) is 4.28. The fraction of sp³-hybridized carbons (Fsp3) is 0.500. The molecule has 4 heteroatoms. The monoisotopic (exact) mass is 418 g/mol. The third-order valence-corrected chi connectivity index (χ3v) is 3.55. The topological polar surface area (TPSA) is 42.8 Å². The van der Waals surface area contributed by atoms with Crippen LogP contribution in [0.25, 0.3) is 0 Å². The van der Waals surface area contributed by atoms with Gasteiger partial charge in [-0.05, 0) is 52.2 Å². The van der Waals surface area contributed by atoms with Crippen LogP contribution in [-0.2, 0) is 9.47 Å². The van der Waals surface area contributed by atoms with Crippen molar-refractivity contribution < 1.29 is 9.47 Å². The van der Waals surface area contributed by atoms with Gasteiger partial charge >= 0.3 is 0 Å². The van der Waals surface area contributed by atoms with Crippen molar-refractivity contribution in [2.24, 2.45) is 4.99 Å². The number of allylic oxidation sites excluding steroid dienone is 6. The molecule has 0 aliphatic rings. The van der Waals surface area contributed by atoms with E-state index >= 15 is 0 Å². The van der Waals surface area contributed by atoms with E-state index in [4.69, 9.17) is 9.47 Å². The van der Waals surface area contributed by atoms with E-state index < -0.39 is 0 Å². The van der Waals surface area contributed by atoms with Crippen LogP contribution in [0, 0.1) is 0 Å². The zero-order valence-electron chi connectivity index (χ0n) is 21.0. The number of rotatable bonds is 12. The molecule has 0 saturated carbocycles. The molecule has 0 unspecified atom stereocenters. The number of methoxy groups -OCH3 is 1. The fourth-order valence-electron chi connectivity index (χ4n) is 2.01. The minimum atomic E-state index is 0.686. The molecule has 4 nitrogen and oxygen atoms in total. The van der Waals surface area contributed by atoms with Gasteiger partial charge in [-0.15, -0.1) is 0 Å². The maximum absolute atomic E-state index is 5.35. The first-order chi connectivity index (χ1) is 14.4. The summed E-state index contributed by atoms with van der Waals surface area (Å²) in [5.74, 6) is 0.686. The predicted molar refractivity (Wildman–Crippen MR) is 136 cm³/mol. The lowest BCUT2D eigenvalue weighted by atomic mass is 10.1. The first kappa shape index (κ1) is 32.3. The van der Waals surface area contributed by atoms with Gasteiger partial charge in [0.2, 0.25) is 5.88 Å². The lowest BCUT2D eigenvalue weighted by molar-refractivity contribution is 0.172. The summed E-state index contributed by atoms with van der Waals surface area (Å²) >= 11 is 0. The highest BCUT2D eigenvalue weighted by Gasteiger charge is 2.06. The van der Waals surface area contributed by atoms with Crippen LogP contribution in [0.4, 0.5) is 0 Å². The molecule has 0 atom stereocenters. The van der Waals surface area contributed by atoms with Gasteiger partial charge in [0.25, 0.3) is 0 Å². The van der Waals surface area contributed by atoms with Crippen LogP contribution in [-0.4, -0.2) is 33.1 Å². The lowest BCUT2D eigenvalue weighted by Gasteiger charge is -2.11. The van der Waals surface area contributed by atoms with Gasteiger partial charge in [-0.25, -0.2) is 0 Å². The van der Waals surface area contributed by atoms with Crippen LogP contribution < -0.4 is 5.32 Å². The minimum Gasteiger partial charge on any atom is -0.481 e.